The Bertz CT molecular complexity index is 559. The van der Waals surface area contributed by atoms with Crippen LogP contribution in [0.1, 0.15) is 12.0 Å². The van der Waals surface area contributed by atoms with Crippen molar-refractivity contribution in [2.24, 2.45) is 5.92 Å². The van der Waals surface area contributed by atoms with E-state index in [0.29, 0.717) is 36.1 Å². The van der Waals surface area contributed by atoms with Gasteiger partial charge in [0, 0.05) is 23.2 Å². The Hall–Kier alpha value is -0.000000000000000111. The highest BCUT2D eigenvalue weighted by molar-refractivity contribution is 8.14. The average Bonchev–Trinajstić information content (AvgIpc) is 2.33. The van der Waals surface area contributed by atoms with Crippen LogP contribution in [0.4, 0.5) is 0 Å². The molecule has 3 nitrogen and oxygen atoms in total. The molecule has 1 fully saturated rings. The van der Waals surface area contributed by atoms with E-state index in [-0.39, 0.29) is 5.92 Å². The maximum atomic E-state index is 11.6. The molecule has 0 saturated carbocycles. The third kappa shape index (κ3) is 3.99. The molecular weight excluding hydrogens is 331 g/mol. The molecule has 1 heterocycles. The first-order valence-corrected chi connectivity index (χ1v) is 8.96. The number of halogens is 3. The van der Waals surface area contributed by atoms with Gasteiger partial charge >= 0.3 is 0 Å². The highest BCUT2D eigenvalue weighted by atomic mass is 35.7. The van der Waals surface area contributed by atoms with Crippen molar-refractivity contribution >= 4 is 42.9 Å². The summed E-state index contributed by atoms with van der Waals surface area (Å²) in [4.78, 5) is 0. The van der Waals surface area contributed by atoms with E-state index < -0.39 is 14.3 Å². The van der Waals surface area contributed by atoms with Gasteiger partial charge in [-0.3, -0.25) is 0 Å². The largest absolute Gasteiger partial charge is 0.381 e. The van der Waals surface area contributed by atoms with Gasteiger partial charge in [-0.15, -0.1) is 0 Å². The van der Waals surface area contributed by atoms with Crippen LogP contribution < -0.4 is 0 Å². The van der Waals surface area contributed by atoms with Crippen molar-refractivity contribution in [1.82, 2.24) is 0 Å². The maximum absolute atomic E-state index is 11.6. The Morgan fingerprint density at radius 1 is 1.26 bits per heavy atom. The summed E-state index contributed by atoms with van der Waals surface area (Å²) in [6, 6.07) is 5.28. The van der Waals surface area contributed by atoms with Gasteiger partial charge in [-0.05, 0) is 30.5 Å². The number of hydrogen-bond acceptors (Lipinski definition) is 3. The topological polar surface area (TPSA) is 43.4 Å². The van der Waals surface area contributed by atoms with Gasteiger partial charge in [0.1, 0.15) is 0 Å². The first-order valence-electron chi connectivity index (χ1n) is 5.83. The Morgan fingerprint density at radius 2 is 2.00 bits per heavy atom. The van der Waals surface area contributed by atoms with Crippen LogP contribution in [0.2, 0.25) is 10.0 Å². The van der Waals surface area contributed by atoms with Crippen LogP contribution in [0.3, 0.4) is 0 Å². The molecule has 0 bridgehead atoms. The van der Waals surface area contributed by atoms with E-state index in [0.717, 1.165) is 5.56 Å². The molecule has 0 amide bonds. The molecule has 2 unspecified atom stereocenters. The van der Waals surface area contributed by atoms with Crippen molar-refractivity contribution in [3.8, 4) is 0 Å². The van der Waals surface area contributed by atoms with Crippen LogP contribution in [0.25, 0.3) is 0 Å². The Morgan fingerprint density at radius 3 is 2.63 bits per heavy atom. The Kier molecular flexibility index (Phi) is 5.01. The molecule has 1 aromatic rings. The van der Waals surface area contributed by atoms with Crippen molar-refractivity contribution in [2.75, 3.05) is 13.2 Å². The maximum Gasteiger partial charge on any atom is 0.235 e. The van der Waals surface area contributed by atoms with Gasteiger partial charge in [-0.1, -0.05) is 29.3 Å². The van der Waals surface area contributed by atoms with E-state index >= 15 is 0 Å². The lowest BCUT2D eigenvalue weighted by atomic mass is 9.94. The molecule has 7 heteroatoms. The van der Waals surface area contributed by atoms with E-state index in [9.17, 15) is 8.42 Å². The molecule has 2 rings (SSSR count). The third-order valence-corrected chi connectivity index (χ3v) is 6.02. The van der Waals surface area contributed by atoms with E-state index in [4.69, 9.17) is 38.6 Å². The molecule has 0 N–H and O–H groups in total. The van der Waals surface area contributed by atoms with Crippen molar-refractivity contribution in [3.05, 3.63) is 33.8 Å². The van der Waals surface area contributed by atoms with Gasteiger partial charge < -0.3 is 4.74 Å². The number of ether oxygens (including phenoxy) is 1. The zero-order chi connectivity index (χ0) is 14.0. The first-order chi connectivity index (χ1) is 8.88. The molecule has 0 spiro atoms. The van der Waals surface area contributed by atoms with E-state index in [1.807, 2.05) is 6.07 Å². The Balaban J connectivity index is 2.17. The zero-order valence-corrected chi connectivity index (χ0v) is 13.1. The smallest absolute Gasteiger partial charge is 0.235 e. The fourth-order valence-corrected chi connectivity index (χ4v) is 4.34. The summed E-state index contributed by atoms with van der Waals surface area (Å²) in [5.41, 5.74) is 0.926. The van der Waals surface area contributed by atoms with Crippen molar-refractivity contribution in [1.29, 1.82) is 0 Å². The molecule has 1 saturated heterocycles. The molecule has 19 heavy (non-hydrogen) atoms. The number of rotatable bonds is 3. The molecule has 1 aromatic carbocycles. The minimum absolute atomic E-state index is 0.159. The second-order valence-electron chi connectivity index (χ2n) is 4.59. The molecular formula is C12H13Cl3O3S. The summed E-state index contributed by atoms with van der Waals surface area (Å²) in [5.74, 6) is -0.159. The van der Waals surface area contributed by atoms with Crippen molar-refractivity contribution in [3.63, 3.8) is 0 Å². The lowest BCUT2D eigenvalue weighted by Gasteiger charge is -2.29. The summed E-state index contributed by atoms with van der Waals surface area (Å²) in [7, 11) is 1.92. The third-order valence-electron chi connectivity index (χ3n) is 3.25. The molecule has 0 aliphatic carbocycles. The SMILES string of the molecule is O=S(=O)(Cl)C1CCOCC1Cc1ccc(Cl)c(Cl)c1. The van der Waals surface area contributed by atoms with Crippen molar-refractivity contribution in [2.45, 2.75) is 18.1 Å². The summed E-state index contributed by atoms with van der Waals surface area (Å²) in [5, 5.41) is 0.366. The first kappa shape index (κ1) is 15.4. The fraction of sp³-hybridized carbons (Fsp3) is 0.500. The molecule has 1 aliphatic rings. The molecule has 0 aromatic heterocycles. The molecule has 2 atom stereocenters. The Labute approximate surface area is 127 Å². The van der Waals surface area contributed by atoms with Gasteiger partial charge in [0.2, 0.25) is 9.05 Å². The van der Waals surface area contributed by atoms with E-state index in [2.05, 4.69) is 0 Å². The summed E-state index contributed by atoms with van der Waals surface area (Å²) < 4.78 is 28.5. The van der Waals surface area contributed by atoms with Crippen molar-refractivity contribution < 1.29 is 13.2 Å². The van der Waals surface area contributed by atoms with Crippen LogP contribution in [0, 0.1) is 5.92 Å². The normalized spacial score (nSPS) is 24.4. The minimum Gasteiger partial charge on any atom is -0.381 e. The predicted octanol–water partition coefficient (Wildman–Crippen LogP) is 3.51. The van der Waals surface area contributed by atoms with Crippen LogP contribution in [-0.2, 0) is 20.2 Å². The molecule has 0 radical (unpaired) electrons. The fourth-order valence-electron chi connectivity index (χ4n) is 2.31. The van der Waals surface area contributed by atoms with E-state index in [1.54, 1.807) is 12.1 Å². The van der Waals surface area contributed by atoms with E-state index in [1.165, 1.54) is 0 Å². The highest BCUT2D eigenvalue weighted by Crippen LogP contribution is 2.29. The van der Waals surface area contributed by atoms with Crippen LogP contribution in [-0.4, -0.2) is 26.9 Å². The second-order valence-corrected chi connectivity index (χ2v) is 8.25. The van der Waals surface area contributed by atoms with Gasteiger partial charge in [-0.2, -0.15) is 0 Å². The number of hydrogen-bond donors (Lipinski definition) is 0. The predicted molar refractivity (Wildman–Crippen MR) is 77.7 cm³/mol. The summed E-state index contributed by atoms with van der Waals surface area (Å²) in [6.45, 7) is 0.811. The second kappa shape index (κ2) is 6.19. The number of benzene rings is 1. The standard InChI is InChI=1S/C12H13Cl3O3S/c13-10-2-1-8(6-11(10)14)5-9-7-18-4-3-12(9)19(15,16)17/h1-2,6,9,12H,3-5,7H2. The van der Waals surface area contributed by atoms with Crippen LogP contribution >= 0.6 is 33.9 Å². The van der Waals surface area contributed by atoms with Crippen LogP contribution in [0.5, 0.6) is 0 Å². The zero-order valence-electron chi connectivity index (χ0n) is 9.98. The van der Waals surface area contributed by atoms with Gasteiger partial charge in [0.05, 0.1) is 21.9 Å². The minimum atomic E-state index is -3.58. The molecule has 106 valence electrons. The van der Waals surface area contributed by atoms with Crippen LogP contribution in [0.15, 0.2) is 18.2 Å². The monoisotopic (exact) mass is 342 g/mol. The lowest BCUT2D eigenvalue weighted by molar-refractivity contribution is 0.0577. The van der Waals surface area contributed by atoms with Gasteiger partial charge in [0.25, 0.3) is 0 Å². The average molecular weight is 344 g/mol. The van der Waals surface area contributed by atoms with Gasteiger partial charge in [-0.25, -0.2) is 8.42 Å². The lowest BCUT2D eigenvalue weighted by Crippen LogP contribution is -2.37. The molecule has 1 aliphatic heterocycles. The summed E-state index contributed by atoms with van der Waals surface area (Å²) >= 11 is 11.8. The van der Waals surface area contributed by atoms with Gasteiger partial charge in [0.15, 0.2) is 0 Å². The highest BCUT2D eigenvalue weighted by Gasteiger charge is 2.35. The summed E-state index contributed by atoms with van der Waals surface area (Å²) in [6.07, 6.45) is 0.978. The quantitative estimate of drug-likeness (QED) is 0.789.